The molecule has 10 heteroatoms. The lowest BCUT2D eigenvalue weighted by Gasteiger charge is -2.20. The number of pyridine rings is 1. The summed E-state index contributed by atoms with van der Waals surface area (Å²) in [6, 6.07) is 3.23. The fourth-order valence-electron chi connectivity index (χ4n) is 2.89. The minimum absolute atomic E-state index is 0.269. The number of carbonyl (C=O) groups is 2. The van der Waals surface area contributed by atoms with Gasteiger partial charge in [-0.3, -0.25) is 25.2 Å². The van der Waals surface area contributed by atoms with Crippen LogP contribution in [0.15, 0.2) is 12.1 Å². The molecule has 0 aliphatic heterocycles. The van der Waals surface area contributed by atoms with Gasteiger partial charge in [-0.2, -0.15) is 23.5 Å². The van der Waals surface area contributed by atoms with Gasteiger partial charge in [0.05, 0.1) is 25.6 Å². The number of rotatable bonds is 15. The standard InChI is InChI=1S/C21H36N4O4S2/c1-25(2)17-11-15(13-22-18(7-9-30-5)20(26)28-3)24-16(12-17)14-23-19(8-10-31-6)21(27)29-4/h11-12,18-19,22-23H,7-10,13-14H2,1-6H3. The monoisotopic (exact) mass is 472 g/mol. The van der Waals surface area contributed by atoms with Crippen LogP contribution < -0.4 is 15.5 Å². The van der Waals surface area contributed by atoms with Gasteiger partial charge in [-0.1, -0.05) is 0 Å². The van der Waals surface area contributed by atoms with Crippen molar-refractivity contribution in [3.05, 3.63) is 23.5 Å². The molecule has 0 fully saturated rings. The summed E-state index contributed by atoms with van der Waals surface area (Å²) in [6.45, 7) is 0.880. The van der Waals surface area contributed by atoms with Crippen LogP contribution in [0, 0.1) is 0 Å². The van der Waals surface area contributed by atoms with E-state index in [9.17, 15) is 9.59 Å². The van der Waals surface area contributed by atoms with Crippen LogP contribution in [0.5, 0.6) is 0 Å². The number of hydrogen-bond acceptors (Lipinski definition) is 10. The van der Waals surface area contributed by atoms with Crippen LogP contribution >= 0.6 is 23.5 Å². The topological polar surface area (TPSA) is 92.8 Å². The average Bonchev–Trinajstić information content (AvgIpc) is 2.78. The molecule has 1 rings (SSSR count). The van der Waals surface area contributed by atoms with E-state index >= 15 is 0 Å². The first-order valence-electron chi connectivity index (χ1n) is 10.1. The number of anilines is 1. The van der Waals surface area contributed by atoms with E-state index in [0.29, 0.717) is 25.9 Å². The molecule has 0 bridgehead atoms. The van der Waals surface area contributed by atoms with Crippen LogP contribution in [-0.2, 0) is 32.2 Å². The quantitative estimate of drug-likeness (QED) is 0.369. The minimum Gasteiger partial charge on any atom is -0.468 e. The summed E-state index contributed by atoms with van der Waals surface area (Å²) in [7, 11) is 6.74. The summed E-state index contributed by atoms with van der Waals surface area (Å²) in [5, 5.41) is 6.54. The van der Waals surface area contributed by atoms with E-state index in [1.807, 2.05) is 43.6 Å². The largest absolute Gasteiger partial charge is 0.468 e. The van der Waals surface area contributed by atoms with E-state index in [1.165, 1.54) is 14.2 Å². The van der Waals surface area contributed by atoms with Gasteiger partial charge in [-0.25, -0.2) is 0 Å². The average molecular weight is 473 g/mol. The molecule has 2 N–H and O–H groups in total. The van der Waals surface area contributed by atoms with Crippen LogP contribution in [0.2, 0.25) is 0 Å². The number of ether oxygens (including phenoxy) is 2. The van der Waals surface area contributed by atoms with Crippen LogP contribution in [0.3, 0.4) is 0 Å². The highest BCUT2D eigenvalue weighted by Gasteiger charge is 2.20. The van der Waals surface area contributed by atoms with Crippen LogP contribution in [-0.4, -0.2) is 81.3 Å². The molecular weight excluding hydrogens is 436 g/mol. The van der Waals surface area contributed by atoms with Crippen molar-refractivity contribution in [3.63, 3.8) is 0 Å². The number of esters is 2. The molecule has 1 heterocycles. The molecule has 31 heavy (non-hydrogen) atoms. The molecule has 0 aromatic carbocycles. The molecule has 2 unspecified atom stereocenters. The summed E-state index contributed by atoms with van der Waals surface area (Å²) in [5.41, 5.74) is 2.64. The molecule has 176 valence electrons. The molecular formula is C21H36N4O4S2. The van der Waals surface area contributed by atoms with Gasteiger partial charge in [0.25, 0.3) is 0 Å². The Kier molecular flexibility index (Phi) is 13.6. The fraction of sp³-hybridized carbons (Fsp3) is 0.667. The number of nitrogens with zero attached hydrogens (tertiary/aromatic N) is 2. The summed E-state index contributed by atoms with van der Waals surface area (Å²) >= 11 is 3.38. The third kappa shape index (κ3) is 10.1. The van der Waals surface area contributed by atoms with E-state index in [1.54, 1.807) is 23.5 Å². The van der Waals surface area contributed by atoms with Crippen LogP contribution in [0.4, 0.5) is 5.69 Å². The number of thioether (sulfide) groups is 2. The first-order valence-corrected chi connectivity index (χ1v) is 12.9. The Morgan fingerprint density at radius 1 is 0.935 bits per heavy atom. The normalized spacial score (nSPS) is 12.8. The van der Waals surface area contributed by atoms with E-state index in [4.69, 9.17) is 14.5 Å². The van der Waals surface area contributed by atoms with Gasteiger partial charge in [0, 0.05) is 32.9 Å². The Bertz CT molecular complexity index is 641. The lowest BCUT2D eigenvalue weighted by Crippen LogP contribution is -2.38. The molecule has 0 amide bonds. The number of carbonyl (C=O) groups excluding carboxylic acids is 2. The van der Waals surface area contributed by atoms with E-state index < -0.39 is 0 Å². The highest BCUT2D eigenvalue weighted by Crippen LogP contribution is 2.16. The summed E-state index contributed by atoms with van der Waals surface area (Å²) in [4.78, 5) is 30.8. The third-order valence-corrected chi connectivity index (χ3v) is 5.97. The Morgan fingerprint density at radius 2 is 1.35 bits per heavy atom. The van der Waals surface area contributed by atoms with Crippen molar-refractivity contribution in [1.82, 2.24) is 15.6 Å². The molecule has 0 spiro atoms. The second kappa shape index (κ2) is 15.3. The van der Waals surface area contributed by atoms with Crippen molar-refractivity contribution in [3.8, 4) is 0 Å². The van der Waals surface area contributed by atoms with Gasteiger partial charge >= 0.3 is 11.9 Å². The van der Waals surface area contributed by atoms with E-state index in [2.05, 4.69) is 10.6 Å². The first kappa shape index (κ1) is 27.5. The lowest BCUT2D eigenvalue weighted by atomic mass is 10.2. The Hall–Kier alpha value is -1.49. The summed E-state index contributed by atoms with van der Waals surface area (Å²) < 4.78 is 9.84. The zero-order chi connectivity index (χ0) is 23.2. The second-order valence-corrected chi connectivity index (χ2v) is 9.15. The lowest BCUT2D eigenvalue weighted by molar-refractivity contribution is -0.144. The van der Waals surface area contributed by atoms with Crippen molar-refractivity contribution >= 4 is 41.1 Å². The minimum atomic E-state index is -0.376. The number of methoxy groups -OCH3 is 2. The van der Waals surface area contributed by atoms with Crippen LogP contribution in [0.1, 0.15) is 24.2 Å². The van der Waals surface area contributed by atoms with Crippen molar-refractivity contribution in [2.24, 2.45) is 0 Å². The van der Waals surface area contributed by atoms with Crippen molar-refractivity contribution in [1.29, 1.82) is 0 Å². The van der Waals surface area contributed by atoms with Gasteiger partial charge in [-0.15, -0.1) is 0 Å². The highest BCUT2D eigenvalue weighted by atomic mass is 32.2. The maximum absolute atomic E-state index is 12.1. The van der Waals surface area contributed by atoms with Crippen LogP contribution in [0.25, 0.3) is 0 Å². The molecule has 0 saturated heterocycles. The van der Waals surface area contributed by atoms with Gasteiger partial charge in [0.2, 0.25) is 0 Å². The van der Waals surface area contributed by atoms with Gasteiger partial charge in [0.15, 0.2) is 0 Å². The third-order valence-electron chi connectivity index (χ3n) is 4.68. The Balaban J connectivity index is 2.92. The maximum Gasteiger partial charge on any atom is 0.322 e. The summed E-state index contributed by atoms with van der Waals surface area (Å²) in [5.74, 6) is 1.18. The fourth-order valence-corrected chi connectivity index (χ4v) is 3.83. The van der Waals surface area contributed by atoms with Crippen molar-refractivity contribution < 1.29 is 19.1 Å². The zero-order valence-corrected chi connectivity index (χ0v) is 21.0. The predicted molar refractivity (Wildman–Crippen MR) is 130 cm³/mol. The van der Waals surface area contributed by atoms with Gasteiger partial charge in [0.1, 0.15) is 12.1 Å². The Labute approximate surface area is 194 Å². The predicted octanol–water partition coefficient (Wildman–Crippen LogP) is 1.92. The molecule has 0 aliphatic carbocycles. The van der Waals surface area contributed by atoms with Gasteiger partial charge < -0.3 is 14.4 Å². The first-order chi connectivity index (χ1) is 14.9. The van der Waals surface area contributed by atoms with Crippen molar-refractivity contribution in [2.75, 3.05) is 57.2 Å². The number of aromatic nitrogens is 1. The molecule has 0 aliphatic rings. The molecule has 1 aromatic heterocycles. The SMILES string of the molecule is COC(=O)C(CCSC)NCc1cc(N(C)C)cc(CNC(CCSC)C(=O)OC)n1. The number of hydrogen-bond donors (Lipinski definition) is 2. The summed E-state index contributed by atoms with van der Waals surface area (Å²) in [6.07, 6.45) is 5.39. The molecule has 2 atom stereocenters. The smallest absolute Gasteiger partial charge is 0.322 e. The molecule has 1 aromatic rings. The zero-order valence-electron chi connectivity index (χ0n) is 19.4. The highest BCUT2D eigenvalue weighted by molar-refractivity contribution is 7.98. The number of nitrogens with one attached hydrogen (secondary N) is 2. The molecule has 0 saturated carbocycles. The van der Waals surface area contributed by atoms with Crippen molar-refractivity contribution in [2.45, 2.75) is 38.0 Å². The molecule has 0 radical (unpaired) electrons. The van der Waals surface area contributed by atoms with E-state index in [-0.39, 0.29) is 24.0 Å². The van der Waals surface area contributed by atoms with Gasteiger partial charge in [-0.05, 0) is 49.0 Å². The maximum atomic E-state index is 12.1. The Morgan fingerprint density at radius 3 is 1.68 bits per heavy atom. The van der Waals surface area contributed by atoms with E-state index in [0.717, 1.165) is 28.6 Å². The molecule has 8 nitrogen and oxygen atoms in total. The second-order valence-electron chi connectivity index (χ2n) is 7.18.